The van der Waals surface area contributed by atoms with Crippen LogP contribution in [0.25, 0.3) is 0 Å². The number of aromatic nitrogens is 1. The highest BCUT2D eigenvalue weighted by molar-refractivity contribution is 5.09. The molecular weight excluding hydrogens is 210 g/mol. The van der Waals surface area contributed by atoms with E-state index in [1.54, 1.807) is 0 Å². The quantitative estimate of drug-likeness (QED) is 0.862. The van der Waals surface area contributed by atoms with Crippen LogP contribution in [-0.2, 0) is 6.54 Å². The molecule has 0 aliphatic heterocycles. The van der Waals surface area contributed by atoms with Crippen LogP contribution in [0, 0.1) is 0 Å². The molecule has 0 aromatic carbocycles. The van der Waals surface area contributed by atoms with Gasteiger partial charge in [-0.25, -0.2) is 0 Å². The molecule has 94 valence electrons. The zero-order valence-electron chi connectivity index (χ0n) is 10.9. The van der Waals surface area contributed by atoms with Crippen molar-refractivity contribution in [3.63, 3.8) is 0 Å². The maximum atomic E-state index is 4.06. The minimum atomic E-state index is 0.737. The van der Waals surface area contributed by atoms with Crippen LogP contribution in [0.3, 0.4) is 0 Å². The molecule has 3 nitrogen and oxygen atoms in total. The van der Waals surface area contributed by atoms with Crippen LogP contribution in [0.5, 0.6) is 0 Å². The van der Waals surface area contributed by atoms with E-state index in [-0.39, 0.29) is 0 Å². The summed E-state index contributed by atoms with van der Waals surface area (Å²) in [5, 5.41) is 3.39. The summed E-state index contributed by atoms with van der Waals surface area (Å²) in [6, 6.07) is 5.69. The SMILES string of the molecule is CNC1CCC(N(C)Cc2ccncc2)CC1. The van der Waals surface area contributed by atoms with E-state index >= 15 is 0 Å². The van der Waals surface area contributed by atoms with Crippen molar-refractivity contribution in [1.82, 2.24) is 15.2 Å². The fourth-order valence-electron chi connectivity index (χ4n) is 2.71. The summed E-state index contributed by atoms with van der Waals surface area (Å²) in [5.74, 6) is 0. The van der Waals surface area contributed by atoms with Gasteiger partial charge in [-0.3, -0.25) is 9.88 Å². The van der Waals surface area contributed by atoms with Crippen molar-refractivity contribution in [1.29, 1.82) is 0 Å². The van der Waals surface area contributed by atoms with E-state index < -0.39 is 0 Å². The smallest absolute Gasteiger partial charge is 0.0271 e. The Bertz CT molecular complexity index is 317. The average molecular weight is 233 g/mol. The number of nitrogens with one attached hydrogen (secondary N) is 1. The second-order valence-corrected chi connectivity index (χ2v) is 5.06. The van der Waals surface area contributed by atoms with Gasteiger partial charge in [0.15, 0.2) is 0 Å². The predicted octanol–water partition coefficient (Wildman–Crippen LogP) is 2.04. The molecule has 0 radical (unpaired) electrons. The molecule has 1 aliphatic rings. The Morgan fingerprint density at radius 2 is 1.88 bits per heavy atom. The van der Waals surface area contributed by atoms with E-state index in [4.69, 9.17) is 0 Å². The second-order valence-electron chi connectivity index (χ2n) is 5.06. The van der Waals surface area contributed by atoms with Crippen molar-refractivity contribution in [3.8, 4) is 0 Å². The highest BCUT2D eigenvalue weighted by Crippen LogP contribution is 2.23. The summed E-state index contributed by atoms with van der Waals surface area (Å²) in [5.41, 5.74) is 1.36. The molecule has 1 aromatic heterocycles. The van der Waals surface area contributed by atoms with Crippen molar-refractivity contribution in [2.45, 2.75) is 44.3 Å². The van der Waals surface area contributed by atoms with Crippen LogP contribution >= 0.6 is 0 Å². The number of rotatable bonds is 4. The topological polar surface area (TPSA) is 28.2 Å². The zero-order chi connectivity index (χ0) is 12.1. The first kappa shape index (κ1) is 12.5. The lowest BCUT2D eigenvalue weighted by molar-refractivity contribution is 0.170. The van der Waals surface area contributed by atoms with Crippen molar-refractivity contribution >= 4 is 0 Å². The number of hydrogen-bond donors (Lipinski definition) is 1. The molecule has 17 heavy (non-hydrogen) atoms. The van der Waals surface area contributed by atoms with E-state index in [0.717, 1.165) is 18.6 Å². The number of nitrogens with zero attached hydrogens (tertiary/aromatic N) is 2. The Labute approximate surface area is 104 Å². The van der Waals surface area contributed by atoms with E-state index in [2.05, 4.69) is 41.4 Å². The van der Waals surface area contributed by atoms with Gasteiger partial charge in [0.05, 0.1) is 0 Å². The molecule has 1 saturated carbocycles. The van der Waals surface area contributed by atoms with Crippen LogP contribution in [0.1, 0.15) is 31.2 Å². The fourth-order valence-corrected chi connectivity index (χ4v) is 2.71. The minimum absolute atomic E-state index is 0.737. The Morgan fingerprint density at radius 3 is 2.47 bits per heavy atom. The van der Waals surface area contributed by atoms with Crippen LogP contribution in [0.15, 0.2) is 24.5 Å². The van der Waals surface area contributed by atoms with Gasteiger partial charge in [0.25, 0.3) is 0 Å². The summed E-state index contributed by atoms with van der Waals surface area (Å²) in [7, 11) is 4.32. The molecular formula is C14H23N3. The molecule has 0 atom stereocenters. The molecule has 1 fully saturated rings. The standard InChI is InChI=1S/C14H23N3/c1-15-13-3-5-14(6-4-13)17(2)11-12-7-9-16-10-8-12/h7-10,13-15H,3-6,11H2,1-2H3. The van der Waals surface area contributed by atoms with Gasteiger partial charge in [0.1, 0.15) is 0 Å². The van der Waals surface area contributed by atoms with Gasteiger partial charge < -0.3 is 5.32 Å². The highest BCUT2D eigenvalue weighted by atomic mass is 15.1. The molecule has 0 spiro atoms. The molecule has 3 heteroatoms. The molecule has 1 aliphatic carbocycles. The Kier molecular flexibility index (Phi) is 4.51. The summed E-state index contributed by atoms with van der Waals surface area (Å²) < 4.78 is 0. The van der Waals surface area contributed by atoms with Crippen LogP contribution < -0.4 is 5.32 Å². The monoisotopic (exact) mass is 233 g/mol. The van der Waals surface area contributed by atoms with Crippen LogP contribution in [0.2, 0.25) is 0 Å². The molecule has 1 N–H and O–H groups in total. The van der Waals surface area contributed by atoms with Crippen molar-refractivity contribution in [2.75, 3.05) is 14.1 Å². The van der Waals surface area contributed by atoms with E-state index in [0.29, 0.717) is 0 Å². The third-order valence-corrected chi connectivity index (χ3v) is 3.91. The number of hydrogen-bond acceptors (Lipinski definition) is 3. The lowest BCUT2D eigenvalue weighted by Crippen LogP contribution is -2.39. The normalized spacial score (nSPS) is 25.1. The van der Waals surface area contributed by atoms with Gasteiger partial charge in [-0.1, -0.05) is 0 Å². The summed E-state index contributed by atoms with van der Waals surface area (Å²) >= 11 is 0. The third-order valence-electron chi connectivity index (χ3n) is 3.91. The first-order valence-electron chi connectivity index (χ1n) is 6.56. The molecule has 0 amide bonds. The fraction of sp³-hybridized carbons (Fsp3) is 0.643. The lowest BCUT2D eigenvalue weighted by atomic mass is 9.90. The van der Waals surface area contributed by atoms with Gasteiger partial charge in [0, 0.05) is 31.0 Å². The highest BCUT2D eigenvalue weighted by Gasteiger charge is 2.22. The van der Waals surface area contributed by atoms with Crippen LogP contribution in [0.4, 0.5) is 0 Å². The van der Waals surface area contributed by atoms with Crippen molar-refractivity contribution < 1.29 is 0 Å². The molecule has 2 rings (SSSR count). The lowest BCUT2D eigenvalue weighted by Gasteiger charge is -2.34. The Balaban J connectivity index is 1.83. The maximum Gasteiger partial charge on any atom is 0.0271 e. The second kappa shape index (κ2) is 6.12. The van der Waals surface area contributed by atoms with Gasteiger partial charge in [-0.15, -0.1) is 0 Å². The first-order chi connectivity index (χ1) is 8.29. The third kappa shape index (κ3) is 3.51. The largest absolute Gasteiger partial charge is 0.317 e. The number of pyridine rings is 1. The van der Waals surface area contributed by atoms with Crippen molar-refractivity contribution in [2.24, 2.45) is 0 Å². The zero-order valence-corrected chi connectivity index (χ0v) is 10.9. The molecule has 1 aromatic rings. The first-order valence-corrected chi connectivity index (χ1v) is 6.56. The molecule has 0 unspecified atom stereocenters. The Hall–Kier alpha value is -0.930. The van der Waals surface area contributed by atoms with Gasteiger partial charge in [-0.05, 0) is 57.5 Å². The van der Waals surface area contributed by atoms with Gasteiger partial charge in [-0.2, -0.15) is 0 Å². The van der Waals surface area contributed by atoms with Crippen LogP contribution in [-0.4, -0.2) is 36.1 Å². The van der Waals surface area contributed by atoms with Gasteiger partial charge >= 0.3 is 0 Å². The van der Waals surface area contributed by atoms with Gasteiger partial charge in [0.2, 0.25) is 0 Å². The van der Waals surface area contributed by atoms with E-state index in [1.807, 2.05) is 12.4 Å². The van der Waals surface area contributed by atoms with E-state index in [1.165, 1.54) is 31.2 Å². The Morgan fingerprint density at radius 1 is 1.24 bits per heavy atom. The molecule has 0 bridgehead atoms. The molecule has 1 heterocycles. The van der Waals surface area contributed by atoms with E-state index in [9.17, 15) is 0 Å². The maximum absolute atomic E-state index is 4.06. The summed E-state index contributed by atoms with van der Waals surface area (Å²) in [4.78, 5) is 6.55. The summed E-state index contributed by atoms with van der Waals surface area (Å²) in [6.45, 7) is 1.04. The minimum Gasteiger partial charge on any atom is -0.317 e. The summed E-state index contributed by atoms with van der Waals surface area (Å²) in [6.07, 6.45) is 8.99. The molecule has 0 saturated heterocycles. The average Bonchev–Trinajstić information content (AvgIpc) is 2.40. The van der Waals surface area contributed by atoms with Crippen molar-refractivity contribution in [3.05, 3.63) is 30.1 Å². The predicted molar refractivity (Wildman–Crippen MR) is 70.8 cm³/mol.